The summed E-state index contributed by atoms with van der Waals surface area (Å²) >= 11 is 1.15. The zero-order chi connectivity index (χ0) is 18.7. The molecular formula is C18H22N2O4S2. The molecule has 0 saturated heterocycles. The first-order valence-corrected chi connectivity index (χ1v) is 10.8. The molecule has 0 atom stereocenters. The highest BCUT2D eigenvalue weighted by Gasteiger charge is 2.25. The molecule has 140 valence electrons. The summed E-state index contributed by atoms with van der Waals surface area (Å²) in [6, 6.07) is 8.41. The van der Waals surface area contributed by atoms with Crippen LogP contribution in [-0.4, -0.2) is 34.5 Å². The molecular weight excluding hydrogens is 372 g/mol. The molecule has 0 spiro atoms. The van der Waals surface area contributed by atoms with Crippen LogP contribution in [0.3, 0.4) is 0 Å². The minimum atomic E-state index is -3.73. The third-order valence-electron chi connectivity index (χ3n) is 4.58. The molecule has 0 aliphatic heterocycles. The number of amides is 1. The predicted octanol–water partition coefficient (Wildman–Crippen LogP) is 3.25. The van der Waals surface area contributed by atoms with Crippen molar-refractivity contribution in [3.8, 4) is 5.75 Å². The highest BCUT2D eigenvalue weighted by atomic mass is 32.2. The molecule has 8 heteroatoms. The second-order valence-corrected chi connectivity index (χ2v) is 9.15. The summed E-state index contributed by atoms with van der Waals surface area (Å²) in [5, 5.41) is 4.50. The summed E-state index contributed by atoms with van der Waals surface area (Å²) in [4.78, 5) is 12.9. The van der Waals surface area contributed by atoms with Crippen molar-refractivity contribution >= 4 is 33.0 Å². The van der Waals surface area contributed by atoms with Crippen LogP contribution >= 0.6 is 11.3 Å². The van der Waals surface area contributed by atoms with Crippen LogP contribution in [0.5, 0.6) is 5.75 Å². The van der Waals surface area contributed by atoms with Crippen molar-refractivity contribution in [1.82, 2.24) is 5.32 Å². The topological polar surface area (TPSA) is 75.7 Å². The van der Waals surface area contributed by atoms with E-state index in [0.29, 0.717) is 16.3 Å². The zero-order valence-electron chi connectivity index (χ0n) is 14.8. The average molecular weight is 395 g/mol. The van der Waals surface area contributed by atoms with E-state index >= 15 is 0 Å². The molecule has 0 unspecified atom stereocenters. The van der Waals surface area contributed by atoms with Crippen molar-refractivity contribution in [1.29, 1.82) is 0 Å². The van der Waals surface area contributed by atoms with E-state index in [1.807, 2.05) is 0 Å². The Kier molecular flexibility index (Phi) is 5.52. The lowest BCUT2D eigenvalue weighted by atomic mass is 10.2. The van der Waals surface area contributed by atoms with Crippen LogP contribution in [0.4, 0.5) is 5.69 Å². The van der Waals surface area contributed by atoms with Gasteiger partial charge in [0.2, 0.25) is 0 Å². The minimum absolute atomic E-state index is 0.123. The Bertz CT molecular complexity index is 869. The van der Waals surface area contributed by atoms with Crippen molar-refractivity contribution in [2.24, 2.45) is 0 Å². The van der Waals surface area contributed by atoms with E-state index in [2.05, 4.69) is 5.32 Å². The van der Waals surface area contributed by atoms with Crippen LogP contribution in [0.2, 0.25) is 0 Å². The number of hydrogen-bond donors (Lipinski definition) is 1. The summed E-state index contributed by atoms with van der Waals surface area (Å²) in [6.07, 6.45) is 4.23. The first-order valence-electron chi connectivity index (χ1n) is 8.44. The van der Waals surface area contributed by atoms with Crippen molar-refractivity contribution in [3.05, 3.63) is 40.6 Å². The fraction of sp³-hybridized carbons (Fsp3) is 0.389. The fourth-order valence-electron chi connectivity index (χ4n) is 2.99. The summed E-state index contributed by atoms with van der Waals surface area (Å²) in [5.41, 5.74) is 0.522. The molecule has 2 aromatic rings. The van der Waals surface area contributed by atoms with Gasteiger partial charge in [-0.15, -0.1) is 11.3 Å². The van der Waals surface area contributed by atoms with E-state index in [1.165, 1.54) is 22.8 Å². The van der Waals surface area contributed by atoms with Crippen molar-refractivity contribution in [2.45, 2.75) is 36.6 Å². The second-order valence-electron chi connectivity index (χ2n) is 6.27. The maximum absolute atomic E-state index is 12.8. The van der Waals surface area contributed by atoms with Crippen molar-refractivity contribution < 1.29 is 17.9 Å². The normalized spacial score (nSPS) is 15.0. The van der Waals surface area contributed by atoms with Gasteiger partial charge in [-0.2, -0.15) is 0 Å². The number of carbonyl (C=O) groups excluding carboxylic acids is 1. The fourth-order valence-corrected chi connectivity index (χ4v) is 5.35. The van der Waals surface area contributed by atoms with Gasteiger partial charge in [0.1, 0.15) is 5.75 Å². The molecule has 1 fully saturated rings. The van der Waals surface area contributed by atoms with E-state index in [0.717, 1.165) is 37.0 Å². The molecule has 1 N–H and O–H groups in total. The Morgan fingerprint density at radius 2 is 1.88 bits per heavy atom. The first-order chi connectivity index (χ1) is 12.4. The van der Waals surface area contributed by atoms with Gasteiger partial charge < -0.3 is 10.1 Å². The molecule has 1 aliphatic rings. The third kappa shape index (κ3) is 3.86. The lowest BCUT2D eigenvalue weighted by Crippen LogP contribution is -2.32. The van der Waals surface area contributed by atoms with Gasteiger partial charge in [0.15, 0.2) is 0 Å². The Balaban J connectivity index is 1.76. The standard InChI is InChI=1S/C18H22N2O4S2/c1-20(14-7-9-15(24-2)10-8-14)26(22,23)16-11-17(25-12-16)18(21)19-13-5-3-4-6-13/h7-13H,3-6H2,1-2H3,(H,19,21). The molecule has 1 aromatic carbocycles. The molecule has 3 rings (SSSR count). The molecule has 6 nitrogen and oxygen atoms in total. The number of anilines is 1. The number of benzene rings is 1. The van der Waals surface area contributed by atoms with Crippen molar-refractivity contribution in [2.75, 3.05) is 18.5 Å². The molecule has 1 aliphatic carbocycles. The van der Waals surface area contributed by atoms with Crippen LogP contribution < -0.4 is 14.4 Å². The van der Waals surface area contributed by atoms with Gasteiger partial charge in [0.25, 0.3) is 15.9 Å². The van der Waals surface area contributed by atoms with E-state index in [4.69, 9.17) is 4.74 Å². The number of thiophene rings is 1. The Labute approximate surface area is 157 Å². The molecule has 1 heterocycles. The first kappa shape index (κ1) is 18.7. The number of nitrogens with one attached hydrogen (secondary N) is 1. The smallest absolute Gasteiger partial charge is 0.264 e. The summed E-state index contributed by atoms with van der Waals surface area (Å²) < 4.78 is 32.0. The highest BCUT2D eigenvalue weighted by molar-refractivity contribution is 7.93. The van der Waals surface area contributed by atoms with Crippen LogP contribution in [0, 0.1) is 0 Å². The van der Waals surface area contributed by atoms with Gasteiger partial charge in [0, 0.05) is 18.5 Å². The molecule has 1 aromatic heterocycles. The van der Waals surface area contributed by atoms with E-state index in [-0.39, 0.29) is 16.8 Å². The van der Waals surface area contributed by atoms with Crippen molar-refractivity contribution in [3.63, 3.8) is 0 Å². The monoisotopic (exact) mass is 394 g/mol. The van der Waals surface area contributed by atoms with Gasteiger partial charge >= 0.3 is 0 Å². The van der Waals surface area contributed by atoms with Crippen LogP contribution in [0.15, 0.2) is 40.6 Å². The lowest BCUT2D eigenvalue weighted by molar-refractivity contribution is 0.0942. The molecule has 1 saturated carbocycles. The summed E-state index contributed by atoms with van der Waals surface area (Å²) in [5.74, 6) is 0.455. The second kappa shape index (κ2) is 7.67. The van der Waals surface area contributed by atoms with E-state index < -0.39 is 10.0 Å². The van der Waals surface area contributed by atoms with Crippen LogP contribution in [-0.2, 0) is 10.0 Å². The number of hydrogen-bond acceptors (Lipinski definition) is 5. The maximum Gasteiger partial charge on any atom is 0.264 e. The molecule has 0 radical (unpaired) electrons. The van der Waals surface area contributed by atoms with Gasteiger partial charge in [-0.05, 0) is 43.2 Å². The Morgan fingerprint density at radius 3 is 2.50 bits per heavy atom. The zero-order valence-corrected chi connectivity index (χ0v) is 16.4. The predicted molar refractivity (Wildman–Crippen MR) is 103 cm³/mol. The van der Waals surface area contributed by atoms with Gasteiger partial charge in [-0.3, -0.25) is 9.10 Å². The molecule has 26 heavy (non-hydrogen) atoms. The number of rotatable bonds is 6. The number of carbonyl (C=O) groups is 1. The summed E-state index contributed by atoms with van der Waals surface area (Å²) in [6.45, 7) is 0. The van der Waals surface area contributed by atoms with E-state index in [9.17, 15) is 13.2 Å². The highest BCUT2D eigenvalue weighted by Crippen LogP contribution is 2.27. The Morgan fingerprint density at radius 1 is 1.23 bits per heavy atom. The number of methoxy groups -OCH3 is 1. The minimum Gasteiger partial charge on any atom is -0.497 e. The maximum atomic E-state index is 12.8. The number of sulfonamides is 1. The SMILES string of the molecule is COc1ccc(N(C)S(=O)(=O)c2csc(C(=O)NC3CCCC3)c2)cc1. The number of ether oxygens (including phenoxy) is 1. The molecule has 1 amide bonds. The summed E-state index contributed by atoms with van der Waals surface area (Å²) in [7, 11) is -0.681. The van der Waals surface area contributed by atoms with Crippen LogP contribution in [0.25, 0.3) is 0 Å². The van der Waals surface area contributed by atoms with Gasteiger partial charge in [0.05, 0.1) is 22.6 Å². The number of nitrogens with zero attached hydrogens (tertiary/aromatic N) is 1. The lowest BCUT2D eigenvalue weighted by Gasteiger charge is -2.18. The largest absolute Gasteiger partial charge is 0.497 e. The Hall–Kier alpha value is -2.06. The van der Waals surface area contributed by atoms with Gasteiger partial charge in [-0.1, -0.05) is 12.8 Å². The van der Waals surface area contributed by atoms with E-state index in [1.54, 1.807) is 31.4 Å². The third-order valence-corrected chi connectivity index (χ3v) is 7.43. The quantitative estimate of drug-likeness (QED) is 0.816. The average Bonchev–Trinajstić information content (AvgIpc) is 3.33. The van der Waals surface area contributed by atoms with Gasteiger partial charge in [-0.25, -0.2) is 8.42 Å². The molecule has 0 bridgehead atoms. The van der Waals surface area contributed by atoms with Crippen LogP contribution in [0.1, 0.15) is 35.4 Å².